The lowest BCUT2D eigenvalue weighted by molar-refractivity contribution is 0.147. The van der Waals surface area contributed by atoms with Gasteiger partial charge in [-0.2, -0.15) is 5.26 Å². The van der Waals surface area contributed by atoms with Crippen molar-refractivity contribution in [2.24, 2.45) is 0 Å². The molecule has 100 valence electrons. The average molecular weight is 257 g/mol. The van der Waals surface area contributed by atoms with E-state index in [1.54, 1.807) is 0 Å². The van der Waals surface area contributed by atoms with Crippen molar-refractivity contribution >= 4 is 5.82 Å². The summed E-state index contributed by atoms with van der Waals surface area (Å²) < 4.78 is 0. The Labute approximate surface area is 113 Å². The van der Waals surface area contributed by atoms with Gasteiger partial charge in [0.2, 0.25) is 0 Å². The number of hydrogen-bond donors (Lipinski definition) is 1. The van der Waals surface area contributed by atoms with Crippen molar-refractivity contribution in [2.45, 2.75) is 13.0 Å². The number of pyridine rings is 1. The molecule has 1 N–H and O–H groups in total. The van der Waals surface area contributed by atoms with E-state index in [4.69, 9.17) is 5.26 Å². The number of nitrogens with zero attached hydrogens (tertiary/aromatic N) is 4. The van der Waals surface area contributed by atoms with Crippen molar-refractivity contribution in [1.29, 1.82) is 5.26 Å². The summed E-state index contributed by atoms with van der Waals surface area (Å²) in [5, 5.41) is 12.4. The van der Waals surface area contributed by atoms with Crippen LogP contribution in [0.25, 0.3) is 0 Å². The van der Waals surface area contributed by atoms with E-state index >= 15 is 0 Å². The van der Waals surface area contributed by atoms with Crippen molar-refractivity contribution in [2.75, 3.05) is 44.2 Å². The van der Waals surface area contributed by atoms with Gasteiger partial charge < -0.3 is 10.2 Å². The second-order valence-electron chi connectivity index (χ2n) is 5.31. The normalized spacial score (nSPS) is 20.9. The number of aromatic nitrogens is 1. The Bertz CT molecular complexity index is 495. The first-order valence-corrected chi connectivity index (χ1v) is 6.85. The highest BCUT2D eigenvalue weighted by molar-refractivity contribution is 5.49. The van der Waals surface area contributed by atoms with Gasteiger partial charge in [0, 0.05) is 51.0 Å². The van der Waals surface area contributed by atoms with Crippen LogP contribution >= 0.6 is 0 Å². The van der Waals surface area contributed by atoms with E-state index in [0.717, 1.165) is 50.8 Å². The molecular weight excluding hydrogens is 238 g/mol. The van der Waals surface area contributed by atoms with Crippen molar-refractivity contribution in [1.82, 2.24) is 15.2 Å². The molecule has 2 aliphatic heterocycles. The molecule has 1 aromatic heterocycles. The van der Waals surface area contributed by atoms with Crippen LogP contribution in [-0.4, -0.2) is 55.2 Å². The summed E-state index contributed by atoms with van der Waals surface area (Å²) in [5.41, 5.74) is 1.62. The van der Waals surface area contributed by atoms with Crippen LogP contribution in [0, 0.1) is 18.3 Å². The summed E-state index contributed by atoms with van der Waals surface area (Å²) in [5.74, 6) is 0.947. The molecule has 0 bridgehead atoms. The predicted octanol–water partition coefficient (Wildman–Crippen LogP) is 0.355. The molecule has 0 saturated carbocycles. The highest BCUT2D eigenvalue weighted by Crippen LogP contribution is 2.23. The Morgan fingerprint density at radius 1 is 1.32 bits per heavy atom. The monoisotopic (exact) mass is 257 g/mol. The van der Waals surface area contributed by atoms with E-state index in [9.17, 15) is 0 Å². The first-order chi connectivity index (χ1) is 9.26. The van der Waals surface area contributed by atoms with Crippen LogP contribution in [0.1, 0.15) is 11.3 Å². The molecule has 3 heterocycles. The summed E-state index contributed by atoms with van der Waals surface area (Å²) in [6.07, 6.45) is 0. The van der Waals surface area contributed by atoms with Crippen LogP contribution in [0.4, 0.5) is 5.82 Å². The van der Waals surface area contributed by atoms with Gasteiger partial charge in [-0.25, -0.2) is 4.98 Å². The van der Waals surface area contributed by atoms with Crippen molar-refractivity contribution in [3.63, 3.8) is 0 Å². The maximum atomic E-state index is 9.00. The van der Waals surface area contributed by atoms with Crippen molar-refractivity contribution in [3.8, 4) is 6.07 Å². The Morgan fingerprint density at radius 3 is 2.74 bits per heavy atom. The molecule has 2 aliphatic rings. The maximum absolute atomic E-state index is 9.00. The quantitative estimate of drug-likeness (QED) is 0.829. The summed E-state index contributed by atoms with van der Waals surface area (Å²) in [7, 11) is 0. The number of anilines is 1. The van der Waals surface area contributed by atoms with E-state index in [-0.39, 0.29) is 0 Å². The van der Waals surface area contributed by atoms with Crippen LogP contribution in [0.2, 0.25) is 0 Å². The van der Waals surface area contributed by atoms with Crippen LogP contribution in [0.3, 0.4) is 0 Å². The molecule has 2 saturated heterocycles. The molecule has 0 unspecified atom stereocenters. The molecule has 0 spiro atoms. The van der Waals surface area contributed by atoms with Crippen molar-refractivity contribution in [3.05, 3.63) is 23.4 Å². The lowest BCUT2D eigenvalue weighted by Crippen LogP contribution is -2.63. The topological polar surface area (TPSA) is 55.2 Å². The van der Waals surface area contributed by atoms with Gasteiger partial charge in [-0.05, 0) is 19.1 Å². The van der Waals surface area contributed by atoms with Crippen LogP contribution in [0.5, 0.6) is 0 Å². The largest absolute Gasteiger partial charge is 0.353 e. The Morgan fingerprint density at radius 2 is 2.05 bits per heavy atom. The number of rotatable bonds is 2. The molecule has 0 aromatic carbocycles. The third-order valence-corrected chi connectivity index (χ3v) is 3.92. The van der Waals surface area contributed by atoms with E-state index in [1.807, 2.05) is 19.1 Å². The predicted molar refractivity (Wildman–Crippen MR) is 74.1 cm³/mol. The second kappa shape index (κ2) is 5.16. The minimum atomic E-state index is 0.648. The fraction of sp³-hybridized carbons (Fsp3) is 0.571. The second-order valence-corrected chi connectivity index (χ2v) is 5.31. The summed E-state index contributed by atoms with van der Waals surface area (Å²) >= 11 is 0. The fourth-order valence-corrected chi connectivity index (χ4v) is 2.80. The number of piperazine rings is 1. The molecule has 0 aliphatic carbocycles. The average Bonchev–Trinajstić information content (AvgIpc) is 2.37. The third kappa shape index (κ3) is 2.55. The molecule has 1 aromatic rings. The van der Waals surface area contributed by atoms with Crippen LogP contribution in [-0.2, 0) is 0 Å². The van der Waals surface area contributed by atoms with E-state index in [1.165, 1.54) is 0 Å². The first-order valence-electron chi connectivity index (χ1n) is 6.85. The molecule has 0 amide bonds. The van der Waals surface area contributed by atoms with Gasteiger partial charge in [0.15, 0.2) is 0 Å². The van der Waals surface area contributed by atoms with Gasteiger partial charge in [-0.1, -0.05) is 0 Å². The minimum Gasteiger partial charge on any atom is -0.353 e. The zero-order chi connectivity index (χ0) is 13.2. The summed E-state index contributed by atoms with van der Waals surface area (Å²) in [6.45, 7) is 8.47. The SMILES string of the molecule is Cc1cc(C#N)cc(N2CC(N3CCNCC3)C2)n1. The number of nitrogens with one attached hydrogen (secondary N) is 1. The lowest BCUT2D eigenvalue weighted by atomic mass is 10.1. The van der Waals surface area contributed by atoms with Gasteiger partial charge >= 0.3 is 0 Å². The molecule has 0 atom stereocenters. The summed E-state index contributed by atoms with van der Waals surface area (Å²) in [6, 6.07) is 6.57. The maximum Gasteiger partial charge on any atom is 0.130 e. The van der Waals surface area contributed by atoms with Gasteiger partial charge in [-0.3, -0.25) is 4.90 Å². The van der Waals surface area contributed by atoms with Gasteiger partial charge in [-0.15, -0.1) is 0 Å². The Hall–Kier alpha value is -1.64. The lowest BCUT2D eigenvalue weighted by Gasteiger charge is -2.47. The number of hydrogen-bond acceptors (Lipinski definition) is 5. The minimum absolute atomic E-state index is 0.648. The molecule has 5 nitrogen and oxygen atoms in total. The highest BCUT2D eigenvalue weighted by atomic mass is 15.3. The molecule has 19 heavy (non-hydrogen) atoms. The number of aryl methyl sites for hydroxylation is 1. The standard InChI is InChI=1S/C14H19N5/c1-11-6-12(8-15)7-14(17-11)19-9-13(10-19)18-4-2-16-3-5-18/h6-7,13,16H,2-5,9-10H2,1H3. The zero-order valence-electron chi connectivity index (χ0n) is 11.3. The number of nitriles is 1. The Balaban J connectivity index is 1.64. The highest BCUT2D eigenvalue weighted by Gasteiger charge is 2.33. The van der Waals surface area contributed by atoms with E-state index in [0.29, 0.717) is 11.6 Å². The first kappa shape index (κ1) is 12.4. The molecule has 3 rings (SSSR count). The van der Waals surface area contributed by atoms with E-state index < -0.39 is 0 Å². The van der Waals surface area contributed by atoms with Crippen LogP contribution in [0.15, 0.2) is 12.1 Å². The van der Waals surface area contributed by atoms with Crippen LogP contribution < -0.4 is 10.2 Å². The molecule has 2 fully saturated rings. The molecule has 5 heteroatoms. The van der Waals surface area contributed by atoms with Crippen molar-refractivity contribution < 1.29 is 0 Å². The fourth-order valence-electron chi connectivity index (χ4n) is 2.80. The summed E-state index contributed by atoms with van der Waals surface area (Å²) in [4.78, 5) is 9.34. The van der Waals surface area contributed by atoms with Gasteiger partial charge in [0.25, 0.3) is 0 Å². The molecule has 0 radical (unpaired) electrons. The Kier molecular flexibility index (Phi) is 3.36. The van der Waals surface area contributed by atoms with Gasteiger partial charge in [0.05, 0.1) is 11.6 Å². The zero-order valence-corrected chi connectivity index (χ0v) is 11.3. The smallest absolute Gasteiger partial charge is 0.130 e. The van der Waals surface area contributed by atoms with E-state index in [2.05, 4.69) is 26.2 Å². The molecular formula is C14H19N5. The van der Waals surface area contributed by atoms with Gasteiger partial charge in [0.1, 0.15) is 5.82 Å². The third-order valence-electron chi connectivity index (χ3n) is 3.92.